The Morgan fingerprint density at radius 2 is 1.92 bits per heavy atom. The molecule has 0 radical (unpaired) electrons. The predicted molar refractivity (Wildman–Crippen MR) is 94.9 cm³/mol. The number of nitrogens with one attached hydrogen (secondary N) is 1. The van der Waals surface area contributed by atoms with Crippen molar-refractivity contribution in [1.29, 1.82) is 5.26 Å². The Morgan fingerprint density at radius 3 is 2.44 bits per heavy atom. The minimum absolute atomic E-state index is 0.0231. The zero-order valence-corrected chi connectivity index (χ0v) is 15.0. The number of carbonyl (C=O) groups excluding carboxylic acids is 2. The van der Waals surface area contributed by atoms with E-state index in [9.17, 15) is 9.59 Å². The largest absolute Gasteiger partial charge is 0.493 e. The smallest absolute Gasteiger partial charge is 0.336 e. The highest BCUT2D eigenvalue weighted by Crippen LogP contribution is 2.29. The highest BCUT2D eigenvalue weighted by atomic mass is 16.6. The van der Waals surface area contributed by atoms with Crippen LogP contribution in [0.15, 0.2) is 35.4 Å². The Bertz CT molecular complexity index is 751. The first-order chi connectivity index (χ1) is 11.8. The van der Waals surface area contributed by atoms with Crippen LogP contribution in [0.1, 0.15) is 33.3 Å². The summed E-state index contributed by atoms with van der Waals surface area (Å²) in [5, 5.41) is 11.8. The van der Waals surface area contributed by atoms with E-state index in [4.69, 9.17) is 14.7 Å². The maximum Gasteiger partial charge on any atom is 0.336 e. The number of hydrogen-bond donors (Lipinski definition) is 1. The first-order valence-electron chi connectivity index (χ1n) is 7.74. The lowest BCUT2D eigenvalue weighted by Gasteiger charge is -2.10. The van der Waals surface area contributed by atoms with Gasteiger partial charge >= 0.3 is 5.97 Å². The van der Waals surface area contributed by atoms with Crippen molar-refractivity contribution in [2.45, 2.75) is 33.7 Å². The second kappa shape index (κ2) is 9.28. The SMILES string of the molecule is COc1cc(/C=C(\C#N)C(=O)NC(C)C)ccc1OC(=O)C=C(C)C. The number of nitriles is 1. The number of nitrogens with zero attached hydrogens (tertiary/aromatic N) is 1. The summed E-state index contributed by atoms with van der Waals surface area (Å²) in [4.78, 5) is 23.7. The number of ether oxygens (including phenoxy) is 2. The molecule has 6 nitrogen and oxygen atoms in total. The Balaban J connectivity index is 3.10. The lowest BCUT2D eigenvalue weighted by molar-refractivity contribution is -0.129. The Hall–Kier alpha value is -3.07. The molecule has 0 aliphatic carbocycles. The Kier molecular flexibility index (Phi) is 7.42. The van der Waals surface area contributed by atoms with E-state index in [0.717, 1.165) is 5.57 Å². The van der Waals surface area contributed by atoms with Gasteiger partial charge in [-0.1, -0.05) is 11.6 Å². The van der Waals surface area contributed by atoms with Crippen LogP contribution in [0.2, 0.25) is 0 Å². The Labute approximate surface area is 147 Å². The van der Waals surface area contributed by atoms with E-state index in [1.807, 2.05) is 19.9 Å². The molecular formula is C19H22N2O4. The van der Waals surface area contributed by atoms with Crippen LogP contribution < -0.4 is 14.8 Å². The van der Waals surface area contributed by atoms with Gasteiger partial charge in [-0.2, -0.15) is 5.26 Å². The van der Waals surface area contributed by atoms with Gasteiger partial charge < -0.3 is 14.8 Å². The van der Waals surface area contributed by atoms with E-state index in [1.165, 1.54) is 19.3 Å². The third-order valence-electron chi connectivity index (χ3n) is 2.90. The summed E-state index contributed by atoms with van der Waals surface area (Å²) in [5.41, 5.74) is 1.37. The minimum Gasteiger partial charge on any atom is -0.493 e. The van der Waals surface area contributed by atoms with Crippen LogP contribution in [0.25, 0.3) is 6.08 Å². The molecule has 1 amide bonds. The molecule has 6 heteroatoms. The summed E-state index contributed by atoms with van der Waals surface area (Å²) < 4.78 is 10.4. The molecule has 0 atom stereocenters. The molecule has 0 heterocycles. The van der Waals surface area contributed by atoms with Crippen molar-refractivity contribution < 1.29 is 19.1 Å². The second-order valence-electron chi connectivity index (χ2n) is 5.85. The predicted octanol–water partition coefficient (Wildman–Crippen LogP) is 3.00. The van der Waals surface area contributed by atoms with Crippen LogP contribution in [0.3, 0.4) is 0 Å². The summed E-state index contributed by atoms with van der Waals surface area (Å²) in [6.45, 7) is 7.20. The molecule has 0 fully saturated rings. The van der Waals surface area contributed by atoms with Crippen molar-refractivity contribution >= 4 is 18.0 Å². The van der Waals surface area contributed by atoms with Crippen molar-refractivity contribution in [3.8, 4) is 17.6 Å². The van der Waals surface area contributed by atoms with E-state index in [-0.39, 0.29) is 17.4 Å². The molecule has 0 bridgehead atoms. The third kappa shape index (κ3) is 6.51. The average molecular weight is 342 g/mol. The van der Waals surface area contributed by atoms with Crippen LogP contribution in [0.5, 0.6) is 11.5 Å². The molecule has 0 aliphatic heterocycles. The molecule has 132 valence electrons. The molecule has 0 aliphatic rings. The topological polar surface area (TPSA) is 88.4 Å². The molecule has 25 heavy (non-hydrogen) atoms. The minimum atomic E-state index is -0.504. The number of amides is 1. The molecule has 0 spiro atoms. The van der Waals surface area contributed by atoms with Gasteiger partial charge in [-0.25, -0.2) is 4.79 Å². The van der Waals surface area contributed by atoms with Gasteiger partial charge in [0.1, 0.15) is 11.6 Å². The zero-order valence-electron chi connectivity index (χ0n) is 15.0. The summed E-state index contributed by atoms with van der Waals surface area (Å²) in [7, 11) is 1.44. The van der Waals surface area contributed by atoms with Crippen LogP contribution in [0, 0.1) is 11.3 Å². The van der Waals surface area contributed by atoms with Crippen LogP contribution in [-0.4, -0.2) is 25.0 Å². The van der Waals surface area contributed by atoms with Gasteiger partial charge in [-0.15, -0.1) is 0 Å². The first kappa shape index (κ1) is 20.0. The van der Waals surface area contributed by atoms with Crippen molar-refractivity contribution in [3.05, 3.63) is 41.0 Å². The van der Waals surface area contributed by atoms with Gasteiger partial charge in [-0.05, 0) is 51.5 Å². The maximum atomic E-state index is 11.9. The molecule has 0 unspecified atom stereocenters. The molecule has 1 N–H and O–H groups in total. The summed E-state index contributed by atoms with van der Waals surface area (Å²) in [6, 6.07) is 6.58. The Morgan fingerprint density at radius 1 is 1.24 bits per heavy atom. The molecule has 0 saturated heterocycles. The van der Waals surface area contributed by atoms with Gasteiger partial charge in [0.15, 0.2) is 11.5 Å². The lowest BCUT2D eigenvalue weighted by Crippen LogP contribution is -2.30. The molecule has 1 aromatic carbocycles. The lowest BCUT2D eigenvalue weighted by atomic mass is 10.1. The van der Waals surface area contributed by atoms with E-state index < -0.39 is 11.9 Å². The normalized spacial score (nSPS) is 10.7. The number of hydrogen-bond acceptors (Lipinski definition) is 5. The van der Waals surface area contributed by atoms with E-state index in [1.54, 1.807) is 32.0 Å². The van der Waals surface area contributed by atoms with Crippen molar-refractivity contribution in [1.82, 2.24) is 5.32 Å². The average Bonchev–Trinajstić information content (AvgIpc) is 2.52. The molecule has 0 aromatic heterocycles. The highest BCUT2D eigenvalue weighted by Gasteiger charge is 2.12. The molecular weight excluding hydrogens is 320 g/mol. The van der Waals surface area contributed by atoms with Crippen LogP contribution in [0.4, 0.5) is 0 Å². The highest BCUT2D eigenvalue weighted by molar-refractivity contribution is 6.01. The number of esters is 1. The standard InChI is InChI=1S/C19H22N2O4/c1-12(2)8-18(22)25-16-7-6-14(10-17(16)24-5)9-15(11-20)19(23)21-13(3)4/h6-10,13H,1-5H3,(H,21,23)/b15-9+. The van der Waals surface area contributed by atoms with Crippen molar-refractivity contribution in [3.63, 3.8) is 0 Å². The van der Waals surface area contributed by atoms with Crippen molar-refractivity contribution in [2.75, 3.05) is 7.11 Å². The number of allylic oxidation sites excluding steroid dienone is 1. The summed E-state index contributed by atoms with van der Waals surface area (Å²) >= 11 is 0. The van der Waals surface area contributed by atoms with Gasteiger partial charge in [-0.3, -0.25) is 4.79 Å². The number of carbonyl (C=O) groups is 2. The van der Waals surface area contributed by atoms with E-state index in [2.05, 4.69) is 5.32 Å². The zero-order chi connectivity index (χ0) is 19.0. The molecule has 0 saturated carbocycles. The van der Waals surface area contributed by atoms with E-state index >= 15 is 0 Å². The fourth-order valence-electron chi connectivity index (χ4n) is 1.89. The van der Waals surface area contributed by atoms with E-state index in [0.29, 0.717) is 11.3 Å². The quantitative estimate of drug-likeness (QED) is 0.371. The third-order valence-corrected chi connectivity index (χ3v) is 2.90. The molecule has 1 rings (SSSR count). The fraction of sp³-hybridized carbons (Fsp3) is 0.316. The molecule has 1 aromatic rings. The van der Waals surface area contributed by atoms with Gasteiger partial charge in [0.2, 0.25) is 0 Å². The van der Waals surface area contributed by atoms with Crippen LogP contribution in [-0.2, 0) is 9.59 Å². The van der Waals surface area contributed by atoms with Crippen molar-refractivity contribution in [2.24, 2.45) is 0 Å². The monoisotopic (exact) mass is 342 g/mol. The first-order valence-corrected chi connectivity index (χ1v) is 7.74. The van der Waals surface area contributed by atoms with Gasteiger partial charge in [0.05, 0.1) is 7.11 Å². The number of methoxy groups -OCH3 is 1. The fourth-order valence-corrected chi connectivity index (χ4v) is 1.89. The van der Waals surface area contributed by atoms with Gasteiger partial charge in [0.25, 0.3) is 5.91 Å². The maximum absolute atomic E-state index is 11.9. The number of benzene rings is 1. The van der Waals surface area contributed by atoms with Gasteiger partial charge in [0, 0.05) is 12.1 Å². The van der Waals surface area contributed by atoms with Crippen LogP contribution >= 0.6 is 0 Å². The summed E-state index contributed by atoms with van der Waals surface area (Å²) in [6.07, 6.45) is 2.82. The number of rotatable bonds is 6. The second-order valence-corrected chi connectivity index (χ2v) is 5.85. The summed E-state index contributed by atoms with van der Waals surface area (Å²) in [5.74, 6) is -0.371.